The Hall–Kier alpha value is -3.00. The molecule has 0 saturated heterocycles. The van der Waals surface area contributed by atoms with E-state index in [-0.39, 0.29) is 17.2 Å². The summed E-state index contributed by atoms with van der Waals surface area (Å²) >= 11 is 1.21. The topological polar surface area (TPSA) is 102 Å². The second kappa shape index (κ2) is 7.05. The molecule has 24 heavy (non-hydrogen) atoms. The van der Waals surface area contributed by atoms with Gasteiger partial charge in [0, 0.05) is 23.3 Å². The Balaban J connectivity index is 1.62. The Morgan fingerprint density at radius 1 is 1.12 bits per heavy atom. The van der Waals surface area contributed by atoms with Crippen molar-refractivity contribution in [3.63, 3.8) is 0 Å². The summed E-state index contributed by atoms with van der Waals surface area (Å²) < 4.78 is 0. The lowest BCUT2D eigenvalue weighted by Crippen LogP contribution is -2.02. The van der Waals surface area contributed by atoms with Crippen molar-refractivity contribution < 1.29 is 9.72 Å². The van der Waals surface area contributed by atoms with Crippen LogP contribution >= 0.6 is 11.8 Å². The number of hydrogen-bond acceptors (Lipinski definition) is 6. The van der Waals surface area contributed by atoms with Gasteiger partial charge in [0.1, 0.15) is 0 Å². The highest BCUT2D eigenvalue weighted by molar-refractivity contribution is 7.99. The zero-order valence-corrected chi connectivity index (χ0v) is 13.2. The molecule has 3 aromatic rings. The molecular weight excluding hydrogens is 328 g/mol. The smallest absolute Gasteiger partial charge is 0.269 e. The number of carbonyl (C=O) groups excluding carboxylic acids is 1. The Bertz CT molecular complexity index is 863. The van der Waals surface area contributed by atoms with Crippen LogP contribution in [0.5, 0.6) is 0 Å². The van der Waals surface area contributed by atoms with Gasteiger partial charge in [0.2, 0.25) is 5.16 Å². The number of nitrogens with zero attached hydrogens (tertiary/aromatic N) is 3. The fraction of sp³-hybridized carbons (Fsp3) is 0.0625. The molecule has 0 radical (unpaired) electrons. The second-order valence-corrected chi connectivity index (χ2v) is 5.79. The van der Waals surface area contributed by atoms with Crippen molar-refractivity contribution in [1.82, 2.24) is 15.2 Å². The molecule has 1 aromatic heterocycles. The second-order valence-electron chi connectivity index (χ2n) is 4.85. The maximum absolute atomic E-state index is 12.1. The van der Waals surface area contributed by atoms with Crippen LogP contribution in [0.2, 0.25) is 0 Å². The van der Waals surface area contributed by atoms with Gasteiger partial charge in [-0.05, 0) is 12.1 Å². The summed E-state index contributed by atoms with van der Waals surface area (Å²) in [5.74, 6) is 0.658. The van der Waals surface area contributed by atoms with E-state index in [1.165, 1.54) is 36.0 Å². The third kappa shape index (κ3) is 3.66. The quantitative estimate of drug-likeness (QED) is 0.319. The number of ketones is 1. The van der Waals surface area contributed by atoms with E-state index < -0.39 is 4.92 Å². The number of non-ortho nitro benzene ring substituents is 1. The summed E-state index contributed by atoms with van der Waals surface area (Å²) in [5.41, 5.74) is 1.30. The third-order valence-electron chi connectivity index (χ3n) is 3.24. The zero-order chi connectivity index (χ0) is 16.9. The number of nitrogens with one attached hydrogen (secondary N) is 1. The molecule has 0 spiro atoms. The van der Waals surface area contributed by atoms with E-state index in [2.05, 4.69) is 15.2 Å². The maximum atomic E-state index is 12.1. The van der Waals surface area contributed by atoms with Crippen LogP contribution in [0.3, 0.4) is 0 Å². The molecule has 0 saturated carbocycles. The number of Topliss-reactive ketones (excluding diaryl/α,β-unsaturated/α-hetero) is 1. The van der Waals surface area contributed by atoms with Gasteiger partial charge in [-0.3, -0.25) is 20.0 Å². The van der Waals surface area contributed by atoms with Crippen molar-refractivity contribution in [2.75, 3.05) is 5.75 Å². The van der Waals surface area contributed by atoms with Gasteiger partial charge in [0.15, 0.2) is 11.6 Å². The SMILES string of the molecule is O=C(CSc1n[nH]c(-c2ccccc2)n1)c1ccc([N+](=O)[O-])cc1. The molecule has 8 heteroatoms. The Morgan fingerprint density at radius 3 is 2.50 bits per heavy atom. The summed E-state index contributed by atoms with van der Waals surface area (Å²) in [7, 11) is 0. The minimum atomic E-state index is -0.498. The van der Waals surface area contributed by atoms with Crippen molar-refractivity contribution in [3.05, 3.63) is 70.3 Å². The molecular formula is C16H12N4O3S. The summed E-state index contributed by atoms with van der Waals surface area (Å²) in [6.07, 6.45) is 0. The summed E-state index contributed by atoms with van der Waals surface area (Å²) in [5, 5.41) is 18.0. The van der Waals surface area contributed by atoms with Crippen LogP contribution in [0.1, 0.15) is 10.4 Å². The van der Waals surface area contributed by atoms with E-state index in [0.29, 0.717) is 16.5 Å². The molecule has 0 atom stereocenters. The van der Waals surface area contributed by atoms with E-state index in [4.69, 9.17) is 0 Å². The maximum Gasteiger partial charge on any atom is 0.269 e. The molecule has 0 amide bonds. The molecule has 0 bridgehead atoms. The van der Waals surface area contributed by atoms with E-state index >= 15 is 0 Å². The molecule has 2 aromatic carbocycles. The van der Waals surface area contributed by atoms with Crippen LogP contribution in [0.4, 0.5) is 5.69 Å². The lowest BCUT2D eigenvalue weighted by Gasteiger charge is -1.99. The Labute approximate surface area is 141 Å². The highest BCUT2D eigenvalue weighted by atomic mass is 32.2. The average Bonchev–Trinajstić information content (AvgIpc) is 3.09. The molecule has 1 N–H and O–H groups in total. The number of carbonyl (C=O) groups is 1. The first-order valence-electron chi connectivity index (χ1n) is 7.02. The predicted molar refractivity (Wildman–Crippen MR) is 90.0 cm³/mol. The first-order valence-corrected chi connectivity index (χ1v) is 8.00. The number of benzene rings is 2. The molecule has 0 aliphatic heterocycles. The van der Waals surface area contributed by atoms with E-state index in [1.54, 1.807) is 0 Å². The van der Waals surface area contributed by atoms with Gasteiger partial charge in [-0.1, -0.05) is 42.1 Å². The first-order chi connectivity index (χ1) is 11.6. The van der Waals surface area contributed by atoms with Crippen LogP contribution < -0.4 is 0 Å². The number of H-pyrrole nitrogens is 1. The van der Waals surface area contributed by atoms with Gasteiger partial charge in [0.05, 0.1) is 10.7 Å². The van der Waals surface area contributed by atoms with E-state index in [1.807, 2.05) is 30.3 Å². The lowest BCUT2D eigenvalue weighted by atomic mass is 10.1. The van der Waals surface area contributed by atoms with E-state index in [0.717, 1.165) is 5.56 Å². The van der Waals surface area contributed by atoms with Gasteiger partial charge in [-0.25, -0.2) is 4.98 Å². The normalized spacial score (nSPS) is 10.5. The van der Waals surface area contributed by atoms with E-state index in [9.17, 15) is 14.9 Å². The molecule has 120 valence electrons. The fourth-order valence-corrected chi connectivity index (χ4v) is 2.71. The monoisotopic (exact) mass is 340 g/mol. The summed E-state index contributed by atoms with van der Waals surface area (Å²) in [6.45, 7) is 0. The minimum Gasteiger partial charge on any atom is -0.293 e. The number of aromatic amines is 1. The summed E-state index contributed by atoms with van der Waals surface area (Å²) in [4.78, 5) is 26.6. The minimum absolute atomic E-state index is 0.0410. The number of rotatable bonds is 6. The highest BCUT2D eigenvalue weighted by Crippen LogP contribution is 2.20. The largest absolute Gasteiger partial charge is 0.293 e. The number of nitro benzene ring substituents is 1. The fourth-order valence-electron chi connectivity index (χ4n) is 2.02. The standard InChI is InChI=1S/C16H12N4O3S/c21-14(11-6-8-13(9-7-11)20(22)23)10-24-16-17-15(18-19-16)12-4-2-1-3-5-12/h1-9H,10H2,(H,17,18,19). The van der Waals surface area contributed by atoms with Crippen LogP contribution in [0.15, 0.2) is 59.8 Å². The van der Waals surface area contributed by atoms with Crippen LogP contribution in [0.25, 0.3) is 11.4 Å². The Morgan fingerprint density at radius 2 is 1.83 bits per heavy atom. The number of hydrogen-bond donors (Lipinski definition) is 1. The van der Waals surface area contributed by atoms with Crippen molar-refractivity contribution in [2.24, 2.45) is 0 Å². The van der Waals surface area contributed by atoms with Gasteiger partial charge >= 0.3 is 0 Å². The molecule has 7 nitrogen and oxygen atoms in total. The lowest BCUT2D eigenvalue weighted by molar-refractivity contribution is -0.384. The molecule has 0 aliphatic rings. The average molecular weight is 340 g/mol. The van der Waals surface area contributed by atoms with Crippen molar-refractivity contribution in [2.45, 2.75) is 5.16 Å². The molecule has 1 heterocycles. The van der Waals surface area contributed by atoms with Gasteiger partial charge in [-0.15, -0.1) is 5.10 Å². The van der Waals surface area contributed by atoms with Crippen LogP contribution in [-0.4, -0.2) is 31.6 Å². The molecule has 3 rings (SSSR count). The Kier molecular flexibility index (Phi) is 4.66. The number of nitro groups is 1. The van der Waals surface area contributed by atoms with Gasteiger partial charge in [-0.2, -0.15) is 0 Å². The predicted octanol–water partition coefficient (Wildman–Crippen LogP) is 3.35. The molecule has 0 unspecified atom stereocenters. The van der Waals surface area contributed by atoms with Crippen LogP contribution in [-0.2, 0) is 0 Å². The summed E-state index contributed by atoms with van der Waals surface area (Å²) in [6, 6.07) is 15.1. The van der Waals surface area contributed by atoms with Gasteiger partial charge < -0.3 is 0 Å². The number of thioether (sulfide) groups is 1. The van der Waals surface area contributed by atoms with Crippen LogP contribution in [0, 0.1) is 10.1 Å². The third-order valence-corrected chi connectivity index (χ3v) is 4.09. The molecule has 0 fully saturated rings. The van der Waals surface area contributed by atoms with Crippen molar-refractivity contribution >= 4 is 23.2 Å². The zero-order valence-electron chi connectivity index (χ0n) is 12.4. The highest BCUT2D eigenvalue weighted by Gasteiger charge is 2.12. The molecule has 0 aliphatic carbocycles. The first kappa shape index (κ1) is 15.9. The van der Waals surface area contributed by atoms with Gasteiger partial charge in [0.25, 0.3) is 5.69 Å². The van der Waals surface area contributed by atoms with Crippen molar-refractivity contribution in [3.8, 4) is 11.4 Å². The number of aromatic nitrogens is 3. The van der Waals surface area contributed by atoms with Crippen molar-refractivity contribution in [1.29, 1.82) is 0 Å².